The van der Waals surface area contributed by atoms with Crippen LogP contribution >= 0.6 is 0 Å². The predicted octanol–water partition coefficient (Wildman–Crippen LogP) is 7.25. The monoisotopic (exact) mass is 563 g/mol. The molecule has 2 fully saturated rings. The Balaban J connectivity index is 1.41. The van der Waals surface area contributed by atoms with Gasteiger partial charge in [0.2, 0.25) is 0 Å². The summed E-state index contributed by atoms with van der Waals surface area (Å²) in [6.45, 7) is 11.7. The molecule has 1 N–H and O–H groups in total. The molecule has 2 atom stereocenters. The van der Waals surface area contributed by atoms with E-state index < -0.39 is 17.2 Å². The van der Waals surface area contributed by atoms with Gasteiger partial charge in [-0.1, -0.05) is 30.3 Å². The topological polar surface area (TPSA) is 83.8 Å². The minimum absolute atomic E-state index is 0.0154. The fraction of sp³-hybridized carbons (Fsp3) is 0.576. The highest BCUT2D eigenvalue weighted by atomic mass is 16.7. The lowest BCUT2D eigenvalue weighted by Crippen LogP contribution is -2.43. The van der Waals surface area contributed by atoms with E-state index in [1.807, 2.05) is 39.3 Å². The van der Waals surface area contributed by atoms with Crippen LogP contribution in [0.25, 0.3) is 22.0 Å². The molecule has 0 saturated carbocycles. The van der Waals surface area contributed by atoms with Gasteiger partial charge in [-0.15, -0.1) is 0 Å². The first-order valence-electron chi connectivity index (χ1n) is 15.1. The van der Waals surface area contributed by atoms with E-state index in [2.05, 4.69) is 47.9 Å². The van der Waals surface area contributed by atoms with Crippen LogP contribution in [-0.2, 0) is 30.9 Å². The van der Waals surface area contributed by atoms with Gasteiger partial charge in [0.15, 0.2) is 6.29 Å². The second kappa shape index (κ2) is 12.5. The van der Waals surface area contributed by atoms with Crippen LogP contribution in [0.3, 0.4) is 0 Å². The fourth-order valence-corrected chi connectivity index (χ4v) is 5.62. The standard InChI is InChI=1S/C33H45N3O5/c1-32(2,3)41-31(37)34-33(4,5)24-14-12-23(13-15-24)25-16-17-28-27(22-36(35-28)29-10-6-8-19-38-29)26(25)18-21-40-30-11-7-9-20-39-30/h12-17,22,29-30H,6-11,18-21H2,1-5H3,(H,34,37). The Morgan fingerprint density at radius 3 is 2.37 bits per heavy atom. The van der Waals surface area contributed by atoms with Crippen LogP contribution in [0, 0.1) is 0 Å². The second-order valence-corrected chi connectivity index (χ2v) is 12.7. The van der Waals surface area contributed by atoms with Crippen LogP contribution in [0.2, 0.25) is 0 Å². The first-order valence-corrected chi connectivity index (χ1v) is 15.1. The van der Waals surface area contributed by atoms with Gasteiger partial charge in [0, 0.05) is 24.8 Å². The number of benzene rings is 2. The van der Waals surface area contributed by atoms with Crippen molar-refractivity contribution in [1.29, 1.82) is 0 Å². The van der Waals surface area contributed by atoms with Gasteiger partial charge in [0.1, 0.15) is 11.8 Å². The van der Waals surface area contributed by atoms with E-state index in [-0.39, 0.29) is 12.5 Å². The van der Waals surface area contributed by atoms with Crippen molar-refractivity contribution in [3.05, 3.63) is 53.7 Å². The molecule has 0 spiro atoms. The van der Waals surface area contributed by atoms with E-state index >= 15 is 0 Å². The first kappa shape index (κ1) is 29.5. The van der Waals surface area contributed by atoms with Crippen molar-refractivity contribution in [3.8, 4) is 11.1 Å². The van der Waals surface area contributed by atoms with Crippen molar-refractivity contribution < 1.29 is 23.7 Å². The van der Waals surface area contributed by atoms with Crippen molar-refractivity contribution >= 4 is 17.0 Å². The molecule has 222 valence electrons. The lowest BCUT2D eigenvalue weighted by atomic mass is 9.90. The maximum absolute atomic E-state index is 12.5. The number of ether oxygens (including phenoxy) is 4. The Labute approximate surface area is 243 Å². The van der Waals surface area contributed by atoms with Crippen LogP contribution < -0.4 is 5.32 Å². The number of aromatic nitrogens is 2. The third-order valence-electron chi connectivity index (χ3n) is 7.79. The maximum Gasteiger partial charge on any atom is 0.408 e. The number of fused-ring (bicyclic) bond motifs is 1. The van der Waals surface area contributed by atoms with Gasteiger partial charge >= 0.3 is 6.09 Å². The molecule has 2 aromatic carbocycles. The molecule has 2 saturated heterocycles. The molecule has 8 nitrogen and oxygen atoms in total. The van der Waals surface area contributed by atoms with Crippen LogP contribution in [0.4, 0.5) is 4.79 Å². The van der Waals surface area contributed by atoms with Crippen LogP contribution in [0.15, 0.2) is 42.6 Å². The molecule has 3 aromatic rings. The number of carbonyl (C=O) groups excluding carboxylic acids is 1. The lowest BCUT2D eigenvalue weighted by Gasteiger charge is -2.29. The second-order valence-electron chi connectivity index (χ2n) is 12.7. The number of nitrogens with one attached hydrogen (secondary N) is 1. The summed E-state index contributed by atoms with van der Waals surface area (Å²) in [5.41, 5.74) is 4.28. The normalized spacial score (nSPS) is 20.2. The van der Waals surface area contributed by atoms with Gasteiger partial charge < -0.3 is 24.3 Å². The zero-order valence-corrected chi connectivity index (χ0v) is 25.2. The SMILES string of the molecule is CC(C)(C)OC(=O)NC(C)(C)c1ccc(-c2ccc3nn(C4CCCCO4)cc3c2CCOC2CCCCO2)cc1. The molecule has 0 bridgehead atoms. The molecule has 2 unspecified atom stereocenters. The van der Waals surface area contributed by atoms with Gasteiger partial charge in [0.25, 0.3) is 0 Å². The third kappa shape index (κ3) is 7.48. The van der Waals surface area contributed by atoms with Crippen LogP contribution in [-0.4, -0.2) is 47.6 Å². The molecule has 2 aliphatic rings. The van der Waals surface area contributed by atoms with E-state index in [0.717, 1.165) is 85.8 Å². The van der Waals surface area contributed by atoms with Crippen LogP contribution in [0.5, 0.6) is 0 Å². The average Bonchev–Trinajstić information content (AvgIpc) is 3.38. The van der Waals surface area contributed by atoms with E-state index in [4.69, 9.17) is 24.0 Å². The van der Waals surface area contributed by atoms with Gasteiger partial charge in [-0.05, 0) is 108 Å². The Morgan fingerprint density at radius 2 is 1.71 bits per heavy atom. The summed E-state index contributed by atoms with van der Waals surface area (Å²) in [6, 6.07) is 12.7. The lowest BCUT2D eigenvalue weighted by molar-refractivity contribution is -0.161. The summed E-state index contributed by atoms with van der Waals surface area (Å²) in [5.74, 6) is 0. The molecule has 2 aliphatic heterocycles. The molecule has 41 heavy (non-hydrogen) atoms. The summed E-state index contributed by atoms with van der Waals surface area (Å²) < 4.78 is 25.5. The molecule has 0 radical (unpaired) electrons. The molecular weight excluding hydrogens is 518 g/mol. The Bertz CT molecular complexity index is 1310. The summed E-state index contributed by atoms with van der Waals surface area (Å²) in [7, 11) is 0. The molecule has 1 amide bonds. The maximum atomic E-state index is 12.5. The molecule has 3 heterocycles. The van der Waals surface area contributed by atoms with Crippen molar-refractivity contribution in [2.45, 2.75) is 103 Å². The van der Waals surface area contributed by atoms with E-state index in [1.54, 1.807) is 0 Å². The zero-order chi connectivity index (χ0) is 29.0. The Morgan fingerprint density at radius 1 is 0.976 bits per heavy atom. The minimum Gasteiger partial charge on any atom is -0.444 e. The Hall–Kier alpha value is -2.94. The van der Waals surface area contributed by atoms with Crippen molar-refractivity contribution in [3.63, 3.8) is 0 Å². The van der Waals surface area contributed by atoms with Crippen molar-refractivity contribution in [2.24, 2.45) is 0 Å². The quantitative estimate of drug-likeness (QED) is 0.311. The number of nitrogens with zero attached hydrogens (tertiary/aromatic N) is 2. The summed E-state index contributed by atoms with van der Waals surface area (Å²) in [6.07, 6.45) is 8.75. The highest BCUT2D eigenvalue weighted by Crippen LogP contribution is 2.34. The predicted molar refractivity (Wildman–Crippen MR) is 160 cm³/mol. The van der Waals surface area contributed by atoms with E-state index in [1.165, 1.54) is 5.56 Å². The highest BCUT2D eigenvalue weighted by Gasteiger charge is 2.27. The van der Waals surface area contributed by atoms with Crippen LogP contribution in [0.1, 0.15) is 90.5 Å². The molecule has 1 aromatic heterocycles. The third-order valence-corrected chi connectivity index (χ3v) is 7.79. The van der Waals surface area contributed by atoms with E-state index in [0.29, 0.717) is 6.61 Å². The first-order chi connectivity index (χ1) is 19.6. The van der Waals surface area contributed by atoms with Gasteiger partial charge in [0.05, 0.1) is 17.7 Å². The minimum atomic E-state index is -0.595. The molecular formula is C33H45N3O5. The summed E-state index contributed by atoms with van der Waals surface area (Å²) in [5, 5.41) is 9.03. The smallest absolute Gasteiger partial charge is 0.408 e. The highest BCUT2D eigenvalue weighted by molar-refractivity contribution is 5.89. The molecule has 8 heteroatoms. The van der Waals surface area contributed by atoms with Crippen molar-refractivity contribution in [2.75, 3.05) is 19.8 Å². The van der Waals surface area contributed by atoms with Gasteiger partial charge in [-0.3, -0.25) is 0 Å². The van der Waals surface area contributed by atoms with Gasteiger partial charge in [-0.25, -0.2) is 9.48 Å². The number of rotatable bonds is 8. The average molecular weight is 564 g/mol. The number of hydrogen-bond acceptors (Lipinski definition) is 6. The van der Waals surface area contributed by atoms with E-state index in [9.17, 15) is 4.79 Å². The fourth-order valence-electron chi connectivity index (χ4n) is 5.62. The van der Waals surface area contributed by atoms with Gasteiger partial charge in [-0.2, -0.15) is 5.10 Å². The number of hydrogen-bond donors (Lipinski definition) is 1. The van der Waals surface area contributed by atoms with Crippen molar-refractivity contribution in [1.82, 2.24) is 15.1 Å². The summed E-state index contributed by atoms with van der Waals surface area (Å²) in [4.78, 5) is 12.5. The molecule has 0 aliphatic carbocycles. The molecule has 5 rings (SSSR count). The summed E-state index contributed by atoms with van der Waals surface area (Å²) >= 11 is 0. The zero-order valence-electron chi connectivity index (χ0n) is 25.2. The largest absolute Gasteiger partial charge is 0.444 e. The number of carbonyl (C=O) groups is 1. The number of alkyl carbamates (subject to hydrolysis) is 1. The number of amides is 1. The Kier molecular flexibility index (Phi) is 9.02.